The highest BCUT2D eigenvalue weighted by Gasteiger charge is 2.42. The summed E-state index contributed by atoms with van der Waals surface area (Å²) in [5, 5.41) is 23.9. The first kappa shape index (κ1) is 31.9. The summed E-state index contributed by atoms with van der Waals surface area (Å²) in [4.78, 5) is 30.3. The number of halogens is 3. The number of ether oxygens (including phenoxy) is 1. The molecule has 1 aliphatic heterocycles. The molecule has 0 amide bonds. The van der Waals surface area contributed by atoms with Crippen molar-refractivity contribution in [2.75, 3.05) is 0 Å². The van der Waals surface area contributed by atoms with E-state index >= 15 is 0 Å². The molecule has 0 bridgehead atoms. The van der Waals surface area contributed by atoms with Crippen LogP contribution in [0.2, 0.25) is 0 Å². The zero-order chi connectivity index (χ0) is 28.8. The molecule has 5 atom stereocenters. The molecule has 0 saturated carbocycles. The molecule has 5 unspecified atom stereocenters. The number of cyclic esters (lactones) is 1. The van der Waals surface area contributed by atoms with Crippen molar-refractivity contribution in [2.24, 2.45) is 23.0 Å². The maximum absolute atomic E-state index is 13.8. The van der Waals surface area contributed by atoms with Gasteiger partial charge in [-0.3, -0.25) is 9.59 Å². The number of nitrogens with zero attached hydrogens (tertiary/aromatic N) is 1. The van der Waals surface area contributed by atoms with Gasteiger partial charge in [-0.15, -0.1) is 11.3 Å². The first-order chi connectivity index (χ1) is 17.6. The Balaban J connectivity index is 2.50. The molecule has 4 N–H and O–H groups in total. The lowest BCUT2D eigenvalue weighted by atomic mass is 9.73. The quantitative estimate of drug-likeness (QED) is 0.362. The Bertz CT molecular complexity index is 1080. The smallest absolute Gasteiger partial charge is 0.412 e. The number of aromatic nitrogens is 1. The van der Waals surface area contributed by atoms with Gasteiger partial charge in [0.2, 0.25) is 0 Å². The number of esters is 1. The minimum Gasteiger partial charge on any atom is -0.457 e. The van der Waals surface area contributed by atoms with Crippen LogP contribution in [-0.2, 0) is 20.9 Å². The van der Waals surface area contributed by atoms with Crippen molar-refractivity contribution >= 4 is 29.2 Å². The third-order valence-electron chi connectivity index (χ3n) is 6.91. The molecular weight excluding hydrogens is 521 g/mol. The monoisotopic (exact) mass is 558 g/mol. The maximum atomic E-state index is 13.8. The maximum Gasteiger partial charge on any atom is 0.412 e. The van der Waals surface area contributed by atoms with E-state index in [1.165, 1.54) is 44.3 Å². The van der Waals surface area contributed by atoms with E-state index < -0.39 is 71.9 Å². The molecule has 0 aromatic carbocycles. The Morgan fingerprint density at radius 2 is 1.95 bits per heavy atom. The number of nitrogens with two attached hydrogens (primary N) is 1. The number of thiazole rings is 1. The van der Waals surface area contributed by atoms with Gasteiger partial charge < -0.3 is 20.7 Å². The number of ketones is 1. The van der Waals surface area contributed by atoms with E-state index in [0.29, 0.717) is 16.3 Å². The zero-order valence-corrected chi connectivity index (χ0v) is 23.1. The normalized spacial score (nSPS) is 30.9. The molecule has 38 heavy (non-hydrogen) atoms. The fourth-order valence-electron chi connectivity index (χ4n) is 4.21. The summed E-state index contributed by atoms with van der Waals surface area (Å²) in [6.07, 6.45) is -4.23. The van der Waals surface area contributed by atoms with E-state index in [1.807, 2.05) is 0 Å². The van der Waals surface area contributed by atoms with E-state index in [2.05, 4.69) is 4.98 Å². The molecule has 2 rings (SSSR count). The van der Waals surface area contributed by atoms with Crippen LogP contribution in [0, 0.1) is 17.3 Å². The second-order valence-electron chi connectivity index (χ2n) is 10.3. The number of hydrogen-bond acceptors (Lipinski definition) is 8. The van der Waals surface area contributed by atoms with Crippen molar-refractivity contribution in [2.45, 2.75) is 84.9 Å². The van der Waals surface area contributed by atoms with E-state index in [9.17, 15) is 33.0 Å². The van der Waals surface area contributed by atoms with Gasteiger partial charge in [0.05, 0.1) is 29.7 Å². The number of aliphatic hydroxyl groups is 2. The number of carbonyl (C=O) groups excluding carboxylic acids is 2. The second-order valence-corrected chi connectivity index (χ2v) is 11.2. The molecule has 0 aliphatic carbocycles. The predicted molar refractivity (Wildman–Crippen MR) is 140 cm³/mol. The predicted octanol–water partition coefficient (Wildman–Crippen LogP) is 4.74. The minimum atomic E-state index is -4.63. The van der Waals surface area contributed by atoms with E-state index in [4.69, 9.17) is 10.5 Å². The van der Waals surface area contributed by atoms with Crippen molar-refractivity contribution in [1.29, 1.82) is 0 Å². The third kappa shape index (κ3) is 8.33. The molecule has 1 aromatic rings. The van der Waals surface area contributed by atoms with Crippen LogP contribution >= 0.6 is 11.3 Å². The molecule has 0 fully saturated rings. The van der Waals surface area contributed by atoms with Crippen LogP contribution in [0.1, 0.15) is 64.6 Å². The van der Waals surface area contributed by atoms with Crippen LogP contribution in [0.5, 0.6) is 0 Å². The molecular formula is C27H37F3N2O5S. The van der Waals surface area contributed by atoms with Gasteiger partial charge in [0, 0.05) is 35.8 Å². The Labute approximate surface area is 225 Å². The van der Waals surface area contributed by atoms with Crippen LogP contribution in [0.15, 0.2) is 34.8 Å². The number of aliphatic hydroxyl groups excluding tert-OH is 2. The highest BCUT2D eigenvalue weighted by Crippen LogP contribution is 2.33. The number of allylic oxidation sites excluding steroid dienone is 2. The first-order valence-corrected chi connectivity index (χ1v) is 13.3. The third-order valence-corrected chi connectivity index (χ3v) is 7.80. The van der Waals surface area contributed by atoms with Crippen molar-refractivity contribution in [3.63, 3.8) is 0 Å². The van der Waals surface area contributed by atoms with Gasteiger partial charge in [0.15, 0.2) is 0 Å². The van der Waals surface area contributed by atoms with Crippen LogP contribution in [0.4, 0.5) is 13.2 Å². The lowest BCUT2D eigenvalue weighted by molar-refractivity contribution is -0.154. The van der Waals surface area contributed by atoms with Gasteiger partial charge in [-0.05, 0) is 25.0 Å². The molecule has 0 spiro atoms. The molecule has 7 nitrogen and oxygen atoms in total. The SMILES string of the molecule is C/C(=C\c1csc(CN)n1)C1C/C=C(/C(F)(F)F)C/C=C/C(C)C(O)C(C)C(=O)C(C)(C)C(O)CC(=O)O1. The van der Waals surface area contributed by atoms with Crippen LogP contribution in [0.25, 0.3) is 6.08 Å². The lowest BCUT2D eigenvalue weighted by Gasteiger charge is -2.34. The van der Waals surface area contributed by atoms with Gasteiger partial charge in [0.25, 0.3) is 0 Å². The number of rotatable bonds is 3. The summed E-state index contributed by atoms with van der Waals surface area (Å²) in [7, 11) is 0. The number of alkyl halides is 3. The van der Waals surface area contributed by atoms with Crippen molar-refractivity contribution in [3.05, 3.63) is 45.5 Å². The molecule has 11 heteroatoms. The minimum absolute atomic E-state index is 0.238. The first-order valence-electron chi connectivity index (χ1n) is 12.4. The van der Waals surface area contributed by atoms with E-state index in [1.54, 1.807) is 25.3 Å². The lowest BCUT2D eigenvalue weighted by Crippen LogP contribution is -2.45. The topological polar surface area (TPSA) is 123 Å². The van der Waals surface area contributed by atoms with Crippen LogP contribution in [-0.4, -0.2) is 51.4 Å². The summed E-state index contributed by atoms with van der Waals surface area (Å²) in [5.41, 5.74) is 4.37. The average molecular weight is 559 g/mol. The van der Waals surface area contributed by atoms with Gasteiger partial charge in [-0.2, -0.15) is 13.2 Å². The molecule has 2 heterocycles. The largest absolute Gasteiger partial charge is 0.457 e. The van der Waals surface area contributed by atoms with Crippen molar-refractivity contribution in [3.8, 4) is 0 Å². The summed E-state index contributed by atoms with van der Waals surface area (Å²) < 4.78 is 46.9. The number of carbonyl (C=O) groups is 2. The molecule has 1 aliphatic rings. The van der Waals surface area contributed by atoms with E-state index in [0.717, 1.165) is 6.08 Å². The zero-order valence-electron chi connectivity index (χ0n) is 22.3. The second kappa shape index (κ2) is 13.1. The Kier molecular flexibility index (Phi) is 11.0. The van der Waals surface area contributed by atoms with Gasteiger partial charge >= 0.3 is 12.1 Å². The summed E-state index contributed by atoms with van der Waals surface area (Å²) in [6.45, 7) is 7.92. The summed E-state index contributed by atoms with van der Waals surface area (Å²) in [6, 6.07) is 0. The van der Waals surface area contributed by atoms with Gasteiger partial charge in [-0.25, -0.2) is 4.98 Å². The van der Waals surface area contributed by atoms with Crippen LogP contribution < -0.4 is 5.73 Å². The number of Topliss-reactive ketones (excluding diaryl/α,β-unsaturated/α-hetero) is 1. The highest BCUT2D eigenvalue weighted by atomic mass is 32.1. The van der Waals surface area contributed by atoms with Crippen molar-refractivity contribution in [1.82, 2.24) is 4.98 Å². The average Bonchev–Trinajstić information content (AvgIpc) is 3.29. The highest BCUT2D eigenvalue weighted by molar-refractivity contribution is 7.09. The Morgan fingerprint density at radius 3 is 2.53 bits per heavy atom. The van der Waals surface area contributed by atoms with Gasteiger partial charge in [0.1, 0.15) is 16.9 Å². The number of hydrogen-bond donors (Lipinski definition) is 3. The Hall–Kier alpha value is -2.34. The van der Waals surface area contributed by atoms with Crippen LogP contribution in [0.3, 0.4) is 0 Å². The van der Waals surface area contributed by atoms with Crippen molar-refractivity contribution < 1.29 is 37.7 Å². The van der Waals surface area contributed by atoms with Gasteiger partial charge in [-0.1, -0.05) is 45.9 Å². The fraction of sp³-hybridized carbons (Fsp3) is 0.593. The fourth-order valence-corrected chi connectivity index (χ4v) is 4.84. The van der Waals surface area contributed by atoms with E-state index in [-0.39, 0.29) is 13.0 Å². The molecule has 1 aromatic heterocycles. The summed E-state index contributed by atoms with van der Waals surface area (Å²) >= 11 is 1.33. The summed E-state index contributed by atoms with van der Waals surface area (Å²) in [5.74, 6) is -2.90. The molecule has 212 valence electrons. The molecule has 0 saturated heterocycles. The Morgan fingerprint density at radius 1 is 1.29 bits per heavy atom. The molecule has 0 radical (unpaired) electrons. The standard InChI is InChI=1S/C27H37F3N2O5S/c1-15-7-6-8-18(27(28,29)30)9-10-20(16(2)11-19-14-38-22(13-31)32-19)37-23(34)12-21(33)26(4,5)25(36)17(3)24(15)35/h6-7,9,11,14-15,17,20-21,24,33,35H,8,10,12-13,31H2,1-5H3/b7-6+,16-11+,18-9+.